The van der Waals surface area contributed by atoms with Crippen molar-refractivity contribution < 1.29 is 14.3 Å². The molecule has 0 aliphatic carbocycles. The molecule has 0 unspecified atom stereocenters. The molecule has 1 aliphatic rings. The highest BCUT2D eigenvalue weighted by molar-refractivity contribution is 6.30. The first-order valence-corrected chi connectivity index (χ1v) is 13.4. The molecule has 4 aromatic rings. The number of aromatic nitrogens is 2. The van der Waals surface area contributed by atoms with Gasteiger partial charge in [-0.2, -0.15) is 0 Å². The van der Waals surface area contributed by atoms with Crippen molar-refractivity contribution in [3.8, 4) is 16.9 Å². The molecule has 2 amide bonds. The van der Waals surface area contributed by atoms with E-state index in [1.54, 1.807) is 24.3 Å². The summed E-state index contributed by atoms with van der Waals surface area (Å²) in [6.07, 6.45) is 3.60. The third kappa shape index (κ3) is 6.56. The molecule has 0 spiro atoms. The summed E-state index contributed by atoms with van der Waals surface area (Å²) in [7, 11) is 0. The van der Waals surface area contributed by atoms with Gasteiger partial charge >= 0.3 is 0 Å². The SMILES string of the molecule is Cc1ccc(-c2cn(-c3ccc(C)cc3)c(NC(=O)CN(C[C@@H]3CCCO3)C(=O)c3ccc(Cl)cc3)n2)cc1. The number of imidazole rings is 1. The van der Waals surface area contributed by atoms with Crippen molar-refractivity contribution in [2.24, 2.45) is 0 Å². The van der Waals surface area contributed by atoms with Crippen LogP contribution in [-0.2, 0) is 9.53 Å². The molecule has 0 radical (unpaired) electrons. The van der Waals surface area contributed by atoms with Crippen LogP contribution in [0.4, 0.5) is 5.95 Å². The Morgan fingerprint density at radius 3 is 2.31 bits per heavy atom. The number of carbonyl (C=O) groups is 2. The summed E-state index contributed by atoms with van der Waals surface area (Å²) in [5.74, 6) is -0.209. The van der Waals surface area contributed by atoms with Gasteiger partial charge in [0.15, 0.2) is 0 Å². The summed E-state index contributed by atoms with van der Waals surface area (Å²) >= 11 is 6.02. The summed E-state index contributed by atoms with van der Waals surface area (Å²) < 4.78 is 7.63. The van der Waals surface area contributed by atoms with Crippen molar-refractivity contribution in [1.82, 2.24) is 14.5 Å². The summed E-state index contributed by atoms with van der Waals surface area (Å²) in [5.41, 5.74) is 5.30. The van der Waals surface area contributed by atoms with Gasteiger partial charge in [0.05, 0.1) is 11.8 Å². The maximum Gasteiger partial charge on any atom is 0.254 e. The molecule has 1 saturated heterocycles. The third-order valence-electron chi connectivity index (χ3n) is 6.78. The smallest absolute Gasteiger partial charge is 0.254 e. The highest BCUT2D eigenvalue weighted by Crippen LogP contribution is 2.25. The fraction of sp³-hybridized carbons (Fsp3) is 0.258. The zero-order chi connectivity index (χ0) is 27.4. The number of rotatable bonds is 8. The number of hydrogen-bond donors (Lipinski definition) is 1. The molecule has 0 saturated carbocycles. The quantitative estimate of drug-likeness (QED) is 0.293. The summed E-state index contributed by atoms with van der Waals surface area (Å²) in [6.45, 7) is 4.92. The molecule has 2 heterocycles. The summed E-state index contributed by atoms with van der Waals surface area (Å²) in [6, 6.07) is 22.8. The van der Waals surface area contributed by atoms with Crippen molar-refractivity contribution in [2.45, 2.75) is 32.8 Å². The summed E-state index contributed by atoms with van der Waals surface area (Å²) in [4.78, 5) is 33.1. The van der Waals surface area contributed by atoms with Crippen molar-refractivity contribution in [3.63, 3.8) is 0 Å². The molecule has 3 aromatic carbocycles. The fourth-order valence-corrected chi connectivity index (χ4v) is 4.73. The maximum absolute atomic E-state index is 13.4. The zero-order valence-electron chi connectivity index (χ0n) is 22.1. The lowest BCUT2D eigenvalue weighted by Crippen LogP contribution is -2.42. The molecule has 7 nitrogen and oxygen atoms in total. The molecular formula is C31H31ClN4O3. The number of nitrogens with one attached hydrogen (secondary N) is 1. The van der Waals surface area contributed by atoms with Gasteiger partial charge in [-0.25, -0.2) is 4.98 Å². The van der Waals surface area contributed by atoms with E-state index in [-0.39, 0.29) is 24.5 Å². The standard InChI is InChI=1S/C31H31ClN4O3/c1-21-5-9-23(10-6-21)28-19-36(26-15-7-22(2)8-16-26)31(33-28)34-29(37)20-35(18-27-4-3-17-39-27)30(38)24-11-13-25(32)14-12-24/h5-16,19,27H,3-4,17-18,20H2,1-2H3,(H,33,34,37)/t27-/m0/s1. The van der Waals surface area contributed by atoms with Gasteiger partial charge in [0.1, 0.15) is 6.54 Å². The fourth-order valence-electron chi connectivity index (χ4n) is 4.60. The van der Waals surface area contributed by atoms with E-state index in [0.717, 1.165) is 40.9 Å². The summed E-state index contributed by atoms with van der Waals surface area (Å²) in [5, 5.41) is 3.50. The van der Waals surface area contributed by atoms with Crippen molar-refractivity contribution in [2.75, 3.05) is 25.0 Å². The molecule has 1 atom stereocenters. The number of benzene rings is 3. The Labute approximate surface area is 233 Å². The third-order valence-corrected chi connectivity index (χ3v) is 7.03. The van der Waals surface area contributed by atoms with Crippen LogP contribution in [0.5, 0.6) is 0 Å². The number of ether oxygens (including phenoxy) is 1. The predicted octanol–water partition coefficient (Wildman–Crippen LogP) is 6.07. The van der Waals surface area contributed by atoms with Crippen LogP contribution in [0.3, 0.4) is 0 Å². The Morgan fingerprint density at radius 2 is 1.67 bits per heavy atom. The molecular weight excluding hydrogens is 512 g/mol. The minimum atomic E-state index is -0.343. The van der Waals surface area contributed by atoms with Crippen LogP contribution in [0.15, 0.2) is 79.0 Å². The number of halogens is 1. The first-order valence-electron chi connectivity index (χ1n) is 13.1. The van der Waals surface area contributed by atoms with E-state index < -0.39 is 0 Å². The number of carbonyl (C=O) groups excluding carboxylic acids is 2. The lowest BCUT2D eigenvalue weighted by atomic mass is 10.1. The Morgan fingerprint density at radius 1 is 1.00 bits per heavy atom. The van der Waals surface area contributed by atoms with Crippen LogP contribution < -0.4 is 5.32 Å². The van der Waals surface area contributed by atoms with E-state index in [0.29, 0.717) is 29.7 Å². The number of nitrogens with zero attached hydrogens (tertiary/aromatic N) is 3. The van der Waals surface area contributed by atoms with Crippen LogP contribution in [0.1, 0.15) is 34.3 Å². The van der Waals surface area contributed by atoms with E-state index in [1.165, 1.54) is 4.90 Å². The normalized spacial score (nSPS) is 14.8. The monoisotopic (exact) mass is 542 g/mol. The van der Waals surface area contributed by atoms with Crippen molar-refractivity contribution in [1.29, 1.82) is 0 Å². The molecule has 1 fully saturated rings. The minimum Gasteiger partial charge on any atom is -0.376 e. The van der Waals surface area contributed by atoms with Crippen LogP contribution >= 0.6 is 11.6 Å². The van der Waals surface area contributed by atoms with Gasteiger partial charge in [0.2, 0.25) is 11.9 Å². The van der Waals surface area contributed by atoms with E-state index >= 15 is 0 Å². The Balaban J connectivity index is 1.41. The highest BCUT2D eigenvalue weighted by atomic mass is 35.5. The number of amides is 2. The average molecular weight is 543 g/mol. The first kappa shape index (κ1) is 26.7. The second-order valence-electron chi connectivity index (χ2n) is 9.90. The number of hydrogen-bond acceptors (Lipinski definition) is 4. The topological polar surface area (TPSA) is 76.5 Å². The largest absolute Gasteiger partial charge is 0.376 e. The molecule has 5 rings (SSSR count). The van der Waals surface area contributed by atoms with Gasteiger partial charge in [-0.1, -0.05) is 59.1 Å². The average Bonchev–Trinajstić information content (AvgIpc) is 3.59. The van der Waals surface area contributed by atoms with Crippen LogP contribution in [-0.4, -0.2) is 52.1 Å². The molecule has 1 N–H and O–H groups in total. The van der Waals surface area contributed by atoms with E-state index in [9.17, 15) is 9.59 Å². The van der Waals surface area contributed by atoms with Gasteiger partial charge < -0.3 is 9.64 Å². The lowest BCUT2D eigenvalue weighted by Gasteiger charge is -2.25. The molecule has 1 aliphatic heterocycles. The van der Waals surface area contributed by atoms with Gasteiger partial charge in [0.25, 0.3) is 5.91 Å². The van der Waals surface area contributed by atoms with Crippen LogP contribution in [0.2, 0.25) is 5.02 Å². The van der Waals surface area contributed by atoms with Gasteiger partial charge in [-0.3, -0.25) is 19.5 Å². The Hall–Kier alpha value is -3.94. The Kier molecular flexibility index (Phi) is 8.10. The van der Waals surface area contributed by atoms with Crippen LogP contribution in [0.25, 0.3) is 16.9 Å². The van der Waals surface area contributed by atoms with Gasteiger partial charge in [-0.05, 0) is 63.1 Å². The Bertz CT molecular complexity index is 1440. The second-order valence-corrected chi connectivity index (χ2v) is 10.3. The second kappa shape index (κ2) is 11.8. The lowest BCUT2D eigenvalue weighted by molar-refractivity contribution is -0.117. The first-order chi connectivity index (χ1) is 18.9. The number of aryl methyl sites for hydroxylation is 2. The van der Waals surface area contributed by atoms with Crippen molar-refractivity contribution in [3.05, 3.63) is 101 Å². The zero-order valence-corrected chi connectivity index (χ0v) is 22.8. The van der Waals surface area contributed by atoms with Gasteiger partial charge in [0, 0.05) is 41.2 Å². The molecule has 8 heteroatoms. The van der Waals surface area contributed by atoms with Gasteiger partial charge in [-0.15, -0.1) is 0 Å². The van der Waals surface area contributed by atoms with Crippen molar-refractivity contribution >= 4 is 29.4 Å². The molecule has 1 aromatic heterocycles. The van der Waals surface area contributed by atoms with E-state index in [1.807, 2.05) is 73.1 Å². The number of anilines is 1. The molecule has 39 heavy (non-hydrogen) atoms. The highest BCUT2D eigenvalue weighted by Gasteiger charge is 2.26. The predicted molar refractivity (Wildman–Crippen MR) is 153 cm³/mol. The van der Waals surface area contributed by atoms with Crippen LogP contribution in [0, 0.1) is 13.8 Å². The minimum absolute atomic E-state index is 0.100. The molecule has 200 valence electrons. The maximum atomic E-state index is 13.4. The van der Waals surface area contributed by atoms with E-state index in [2.05, 4.69) is 5.32 Å². The van der Waals surface area contributed by atoms with E-state index in [4.69, 9.17) is 21.3 Å². The molecule has 0 bridgehead atoms.